The second kappa shape index (κ2) is 4.98. The van der Waals surface area contributed by atoms with Crippen molar-refractivity contribution in [2.75, 3.05) is 4.90 Å². The molecule has 0 saturated heterocycles. The van der Waals surface area contributed by atoms with Crippen LogP contribution in [0.5, 0.6) is 0 Å². The number of hydrogen-bond donors (Lipinski definition) is 0. The predicted octanol–water partition coefficient (Wildman–Crippen LogP) is 4.09. The SMILES string of the molecule is C[C@]12C(=O)CCC[C@H]1N(Cc1ccccc1)c1ccccc12. The number of benzene rings is 2. The number of carbonyl (C=O) groups excluding carboxylic acids is 1. The summed E-state index contributed by atoms with van der Waals surface area (Å²) in [4.78, 5) is 15.2. The molecule has 1 aliphatic heterocycles. The lowest BCUT2D eigenvalue weighted by Gasteiger charge is -2.39. The van der Waals surface area contributed by atoms with Gasteiger partial charge in [-0.25, -0.2) is 0 Å². The Morgan fingerprint density at radius 1 is 1.09 bits per heavy atom. The molecule has 0 aromatic heterocycles. The van der Waals surface area contributed by atoms with Crippen molar-refractivity contribution in [2.24, 2.45) is 0 Å². The molecule has 1 saturated carbocycles. The van der Waals surface area contributed by atoms with Gasteiger partial charge in [-0.3, -0.25) is 4.79 Å². The fraction of sp³-hybridized carbons (Fsp3) is 0.350. The lowest BCUT2D eigenvalue weighted by atomic mass is 9.68. The maximum atomic E-state index is 12.7. The van der Waals surface area contributed by atoms with Crippen molar-refractivity contribution >= 4 is 11.5 Å². The fourth-order valence-corrected chi connectivity index (χ4v) is 4.29. The molecule has 22 heavy (non-hydrogen) atoms. The fourth-order valence-electron chi connectivity index (χ4n) is 4.29. The standard InChI is InChI=1S/C20H21NO/c1-20-16-10-5-6-11-17(16)21(14-15-8-3-2-4-9-15)18(20)12-7-13-19(20)22/h2-6,8-11,18H,7,12-14H2,1H3/t18-,20-/m1/s1. The number of fused-ring (bicyclic) bond motifs is 3. The van der Waals surface area contributed by atoms with Crippen LogP contribution < -0.4 is 4.90 Å². The first kappa shape index (κ1) is 13.6. The van der Waals surface area contributed by atoms with Crippen molar-refractivity contribution in [1.29, 1.82) is 0 Å². The monoisotopic (exact) mass is 291 g/mol. The van der Waals surface area contributed by atoms with Gasteiger partial charge in [0.1, 0.15) is 5.78 Å². The Morgan fingerprint density at radius 3 is 2.64 bits per heavy atom. The summed E-state index contributed by atoms with van der Waals surface area (Å²) < 4.78 is 0. The number of hydrogen-bond acceptors (Lipinski definition) is 2. The van der Waals surface area contributed by atoms with Gasteiger partial charge in [-0.1, -0.05) is 48.5 Å². The van der Waals surface area contributed by atoms with E-state index in [2.05, 4.69) is 66.4 Å². The average molecular weight is 291 g/mol. The minimum Gasteiger partial charge on any atom is -0.363 e. The zero-order valence-electron chi connectivity index (χ0n) is 13.0. The summed E-state index contributed by atoms with van der Waals surface area (Å²) in [5.74, 6) is 0.409. The number of carbonyl (C=O) groups is 1. The van der Waals surface area contributed by atoms with Crippen LogP contribution in [-0.4, -0.2) is 11.8 Å². The number of Topliss-reactive ketones (excluding diaryl/α,β-unsaturated/α-hetero) is 1. The van der Waals surface area contributed by atoms with E-state index in [-0.39, 0.29) is 5.41 Å². The van der Waals surface area contributed by atoms with Gasteiger partial charge in [0.2, 0.25) is 0 Å². The quantitative estimate of drug-likeness (QED) is 0.830. The number of nitrogens with zero attached hydrogens (tertiary/aromatic N) is 1. The highest BCUT2D eigenvalue weighted by Crippen LogP contribution is 2.50. The second-order valence-corrected chi connectivity index (χ2v) is 6.66. The van der Waals surface area contributed by atoms with Gasteiger partial charge in [0, 0.05) is 24.7 Å². The number of rotatable bonds is 2. The molecular formula is C20H21NO. The molecule has 2 aliphatic rings. The molecule has 2 atom stereocenters. The van der Waals surface area contributed by atoms with E-state index >= 15 is 0 Å². The summed E-state index contributed by atoms with van der Waals surface area (Å²) in [5, 5.41) is 0. The maximum absolute atomic E-state index is 12.7. The maximum Gasteiger partial charge on any atom is 0.145 e. The molecule has 4 rings (SSSR count). The van der Waals surface area contributed by atoms with E-state index in [0.29, 0.717) is 11.8 Å². The highest BCUT2D eigenvalue weighted by Gasteiger charge is 2.53. The van der Waals surface area contributed by atoms with Crippen LogP contribution in [0.1, 0.15) is 37.3 Å². The summed E-state index contributed by atoms with van der Waals surface area (Å²) in [6.45, 7) is 3.04. The molecule has 2 heteroatoms. The van der Waals surface area contributed by atoms with Crippen LogP contribution >= 0.6 is 0 Å². The van der Waals surface area contributed by atoms with E-state index in [9.17, 15) is 4.79 Å². The van der Waals surface area contributed by atoms with E-state index in [1.807, 2.05) is 0 Å². The van der Waals surface area contributed by atoms with E-state index in [0.717, 1.165) is 25.8 Å². The Morgan fingerprint density at radius 2 is 1.82 bits per heavy atom. The Bertz CT molecular complexity index is 709. The van der Waals surface area contributed by atoms with Crippen molar-refractivity contribution in [3.8, 4) is 0 Å². The Hall–Kier alpha value is -2.09. The molecule has 112 valence electrons. The molecule has 0 amide bonds. The van der Waals surface area contributed by atoms with Gasteiger partial charge in [0.15, 0.2) is 0 Å². The molecule has 1 aliphatic carbocycles. The van der Waals surface area contributed by atoms with E-state index < -0.39 is 0 Å². The van der Waals surface area contributed by atoms with Gasteiger partial charge >= 0.3 is 0 Å². The highest BCUT2D eigenvalue weighted by atomic mass is 16.1. The van der Waals surface area contributed by atoms with Gasteiger partial charge in [-0.2, -0.15) is 0 Å². The molecule has 2 aromatic carbocycles. The molecular weight excluding hydrogens is 270 g/mol. The summed E-state index contributed by atoms with van der Waals surface area (Å²) in [6, 6.07) is 19.3. The first-order valence-electron chi connectivity index (χ1n) is 8.14. The normalized spacial score (nSPS) is 26.7. The van der Waals surface area contributed by atoms with Crippen molar-refractivity contribution in [1.82, 2.24) is 0 Å². The van der Waals surface area contributed by atoms with Gasteiger partial charge in [0.05, 0.1) is 5.41 Å². The Kier molecular flexibility index (Phi) is 3.07. The molecule has 0 spiro atoms. The Labute approximate surface area is 131 Å². The highest BCUT2D eigenvalue weighted by molar-refractivity contribution is 5.96. The number of para-hydroxylation sites is 1. The van der Waals surface area contributed by atoms with Crippen LogP contribution in [0.3, 0.4) is 0 Å². The third-order valence-corrected chi connectivity index (χ3v) is 5.47. The lowest BCUT2D eigenvalue weighted by molar-refractivity contribution is -0.126. The van der Waals surface area contributed by atoms with E-state index in [1.165, 1.54) is 16.8 Å². The third kappa shape index (κ3) is 1.83. The number of anilines is 1. The van der Waals surface area contributed by atoms with Crippen LogP contribution in [-0.2, 0) is 16.8 Å². The molecule has 2 aromatic rings. The summed E-state index contributed by atoms with van der Waals surface area (Å²) in [7, 11) is 0. The summed E-state index contributed by atoms with van der Waals surface area (Å²) in [6.07, 6.45) is 2.84. The van der Waals surface area contributed by atoms with Crippen LogP contribution in [0.4, 0.5) is 5.69 Å². The van der Waals surface area contributed by atoms with Crippen molar-refractivity contribution < 1.29 is 4.79 Å². The van der Waals surface area contributed by atoms with Crippen molar-refractivity contribution in [3.05, 3.63) is 65.7 Å². The molecule has 0 unspecified atom stereocenters. The van der Waals surface area contributed by atoms with Crippen molar-refractivity contribution in [2.45, 2.75) is 44.2 Å². The minimum absolute atomic E-state index is 0.298. The largest absolute Gasteiger partial charge is 0.363 e. The van der Waals surface area contributed by atoms with Gasteiger partial charge < -0.3 is 4.90 Å². The first-order valence-corrected chi connectivity index (χ1v) is 8.14. The van der Waals surface area contributed by atoms with E-state index in [4.69, 9.17) is 0 Å². The summed E-state index contributed by atoms with van der Waals surface area (Å²) >= 11 is 0. The third-order valence-electron chi connectivity index (χ3n) is 5.47. The van der Waals surface area contributed by atoms with Gasteiger partial charge in [0.25, 0.3) is 0 Å². The van der Waals surface area contributed by atoms with E-state index in [1.54, 1.807) is 0 Å². The minimum atomic E-state index is -0.330. The predicted molar refractivity (Wildman–Crippen MR) is 89.1 cm³/mol. The Balaban J connectivity index is 1.80. The molecule has 0 radical (unpaired) electrons. The van der Waals surface area contributed by atoms with Crippen LogP contribution in [0, 0.1) is 0 Å². The lowest BCUT2D eigenvalue weighted by Crippen LogP contribution is -2.50. The molecule has 2 nitrogen and oxygen atoms in total. The zero-order valence-corrected chi connectivity index (χ0v) is 13.0. The smallest absolute Gasteiger partial charge is 0.145 e. The first-order chi connectivity index (χ1) is 10.7. The molecule has 1 heterocycles. The van der Waals surface area contributed by atoms with Crippen LogP contribution in [0.25, 0.3) is 0 Å². The van der Waals surface area contributed by atoms with Crippen LogP contribution in [0.15, 0.2) is 54.6 Å². The topological polar surface area (TPSA) is 20.3 Å². The zero-order chi connectivity index (χ0) is 15.2. The van der Waals surface area contributed by atoms with Gasteiger partial charge in [-0.15, -0.1) is 0 Å². The molecule has 0 bridgehead atoms. The van der Waals surface area contributed by atoms with Crippen LogP contribution in [0.2, 0.25) is 0 Å². The molecule has 1 fully saturated rings. The second-order valence-electron chi connectivity index (χ2n) is 6.66. The number of ketones is 1. The van der Waals surface area contributed by atoms with Gasteiger partial charge in [-0.05, 0) is 37.0 Å². The molecule has 0 N–H and O–H groups in total. The van der Waals surface area contributed by atoms with Crippen molar-refractivity contribution in [3.63, 3.8) is 0 Å². The average Bonchev–Trinajstić information content (AvgIpc) is 2.80. The summed E-state index contributed by atoms with van der Waals surface area (Å²) in [5.41, 5.74) is 3.44.